The number of nitriles is 1. The quantitative estimate of drug-likeness (QED) is 0.882. The number of nitrogens with zero attached hydrogens (tertiary/aromatic N) is 4. The first-order valence-corrected chi connectivity index (χ1v) is 9.97. The number of hydrogen-bond acceptors (Lipinski definition) is 5. The van der Waals surface area contributed by atoms with Crippen LogP contribution in [0, 0.1) is 11.3 Å². The van der Waals surface area contributed by atoms with E-state index in [0.29, 0.717) is 23.4 Å². The highest BCUT2D eigenvalue weighted by atomic mass is 32.2. The van der Waals surface area contributed by atoms with Crippen molar-refractivity contribution in [3.8, 4) is 6.07 Å². The predicted molar refractivity (Wildman–Crippen MR) is 93.0 cm³/mol. The summed E-state index contributed by atoms with van der Waals surface area (Å²) in [5.41, 5.74) is 1.04. The Bertz CT molecular complexity index is 911. The van der Waals surface area contributed by atoms with Crippen LogP contribution in [0.3, 0.4) is 0 Å². The van der Waals surface area contributed by atoms with Crippen LogP contribution >= 0.6 is 0 Å². The van der Waals surface area contributed by atoms with E-state index in [-0.39, 0.29) is 17.7 Å². The molecule has 1 aliphatic heterocycles. The van der Waals surface area contributed by atoms with Crippen molar-refractivity contribution in [2.45, 2.75) is 50.9 Å². The molecule has 132 valence electrons. The van der Waals surface area contributed by atoms with Gasteiger partial charge in [-0.15, -0.1) is 0 Å². The van der Waals surface area contributed by atoms with Crippen molar-refractivity contribution in [1.82, 2.24) is 19.5 Å². The third-order valence-corrected chi connectivity index (χ3v) is 5.50. The van der Waals surface area contributed by atoms with Crippen LogP contribution < -0.4 is 4.72 Å². The van der Waals surface area contributed by atoms with Crippen LogP contribution in [0.1, 0.15) is 61.4 Å². The minimum Gasteiger partial charge on any atom is -0.248 e. The zero-order chi connectivity index (χ0) is 18.0. The van der Waals surface area contributed by atoms with Gasteiger partial charge >= 0.3 is 0 Å². The number of benzene rings is 1. The standard InChI is InChI=1S/C17H21N5O2S/c1-12(2)16-19-17-15(7-4-8-22(17)20-16)21-25(23,24)11-14-6-3-5-13(9-14)10-18/h3,5-6,9,12,15,21H,4,7-8,11H2,1-2H3/t15-/m0/s1. The molecule has 8 heteroatoms. The molecule has 0 amide bonds. The van der Waals surface area contributed by atoms with E-state index in [2.05, 4.69) is 14.8 Å². The summed E-state index contributed by atoms with van der Waals surface area (Å²) in [4.78, 5) is 4.53. The van der Waals surface area contributed by atoms with Gasteiger partial charge in [-0.05, 0) is 30.5 Å². The molecule has 25 heavy (non-hydrogen) atoms. The second kappa shape index (κ2) is 6.94. The van der Waals surface area contributed by atoms with E-state index in [0.717, 1.165) is 18.8 Å². The topological polar surface area (TPSA) is 101 Å². The van der Waals surface area contributed by atoms with Gasteiger partial charge in [0.25, 0.3) is 0 Å². The summed E-state index contributed by atoms with van der Waals surface area (Å²) in [7, 11) is -3.55. The molecule has 0 bridgehead atoms. The molecule has 3 rings (SSSR count). The second-order valence-corrected chi connectivity index (χ2v) is 8.34. The Balaban J connectivity index is 1.79. The zero-order valence-electron chi connectivity index (χ0n) is 14.3. The van der Waals surface area contributed by atoms with Gasteiger partial charge in [-0.3, -0.25) is 0 Å². The van der Waals surface area contributed by atoms with Gasteiger partial charge in [0, 0.05) is 12.5 Å². The molecule has 0 saturated carbocycles. The first kappa shape index (κ1) is 17.6. The lowest BCUT2D eigenvalue weighted by Gasteiger charge is -2.23. The fraction of sp³-hybridized carbons (Fsp3) is 0.471. The Hall–Kier alpha value is -2.24. The highest BCUT2D eigenvalue weighted by molar-refractivity contribution is 7.88. The normalized spacial score (nSPS) is 17.3. The van der Waals surface area contributed by atoms with Gasteiger partial charge in [-0.25, -0.2) is 22.8 Å². The van der Waals surface area contributed by atoms with Crippen molar-refractivity contribution in [3.63, 3.8) is 0 Å². The fourth-order valence-corrected chi connectivity index (χ4v) is 4.29. The molecule has 1 aliphatic rings. The van der Waals surface area contributed by atoms with Crippen LogP contribution in [-0.2, 0) is 22.3 Å². The maximum Gasteiger partial charge on any atom is 0.216 e. The van der Waals surface area contributed by atoms with Crippen molar-refractivity contribution >= 4 is 10.0 Å². The minimum absolute atomic E-state index is 0.163. The fourth-order valence-electron chi connectivity index (χ4n) is 2.93. The maximum atomic E-state index is 12.6. The van der Waals surface area contributed by atoms with Gasteiger partial charge in [0.2, 0.25) is 10.0 Å². The number of sulfonamides is 1. The van der Waals surface area contributed by atoms with E-state index < -0.39 is 10.0 Å². The summed E-state index contributed by atoms with van der Waals surface area (Å²) < 4.78 is 29.7. The highest BCUT2D eigenvalue weighted by Gasteiger charge is 2.28. The average molecular weight is 359 g/mol. The molecule has 0 aliphatic carbocycles. The first-order valence-electron chi connectivity index (χ1n) is 8.31. The van der Waals surface area contributed by atoms with E-state index in [1.54, 1.807) is 24.3 Å². The molecule has 7 nitrogen and oxygen atoms in total. The Morgan fingerprint density at radius 3 is 2.96 bits per heavy atom. The van der Waals surface area contributed by atoms with Crippen molar-refractivity contribution in [2.75, 3.05) is 0 Å². The highest BCUT2D eigenvalue weighted by Crippen LogP contribution is 2.26. The first-order chi connectivity index (χ1) is 11.9. The average Bonchev–Trinajstić information content (AvgIpc) is 3.00. The summed E-state index contributed by atoms with van der Waals surface area (Å²) in [5.74, 6) is 1.46. The van der Waals surface area contributed by atoms with E-state index in [1.807, 2.05) is 24.6 Å². The number of fused-ring (bicyclic) bond motifs is 1. The number of aryl methyl sites for hydroxylation is 1. The SMILES string of the molecule is CC(C)c1nc2n(n1)CCC[C@@H]2NS(=O)(=O)Cc1cccc(C#N)c1. The maximum absolute atomic E-state index is 12.6. The Morgan fingerprint density at radius 1 is 1.44 bits per heavy atom. The summed E-state index contributed by atoms with van der Waals surface area (Å²) >= 11 is 0. The number of aromatic nitrogens is 3. The molecule has 2 heterocycles. The van der Waals surface area contributed by atoms with Crippen LogP contribution in [0.25, 0.3) is 0 Å². The van der Waals surface area contributed by atoms with Crippen molar-refractivity contribution in [3.05, 3.63) is 47.0 Å². The van der Waals surface area contributed by atoms with Crippen molar-refractivity contribution < 1.29 is 8.42 Å². The zero-order valence-corrected chi connectivity index (χ0v) is 15.1. The van der Waals surface area contributed by atoms with Gasteiger partial charge < -0.3 is 0 Å². The molecule has 0 fully saturated rings. The largest absolute Gasteiger partial charge is 0.248 e. The second-order valence-electron chi connectivity index (χ2n) is 6.59. The monoisotopic (exact) mass is 359 g/mol. The predicted octanol–water partition coefficient (Wildman–Crippen LogP) is 2.23. The molecule has 2 aromatic rings. The van der Waals surface area contributed by atoms with Crippen molar-refractivity contribution in [2.24, 2.45) is 0 Å². The Kier molecular flexibility index (Phi) is 4.88. The molecule has 0 saturated heterocycles. The van der Waals surface area contributed by atoms with Crippen LogP contribution in [0.15, 0.2) is 24.3 Å². The molecular weight excluding hydrogens is 338 g/mol. The Labute approximate surface area is 147 Å². The molecule has 1 aromatic heterocycles. The van der Waals surface area contributed by atoms with Gasteiger partial charge in [0.05, 0.1) is 23.4 Å². The van der Waals surface area contributed by atoms with E-state index in [9.17, 15) is 8.42 Å². The summed E-state index contributed by atoms with van der Waals surface area (Å²) in [6.45, 7) is 4.79. The van der Waals surface area contributed by atoms with Crippen LogP contribution in [-0.4, -0.2) is 23.2 Å². The molecule has 0 spiro atoms. The molecule has 0 radical (unpaired) electrons. The Morgan fingerprint density at radius 2 is 2.24 bits per heavy atom. The number of hydrogen-bond donors (Lipinski definition) is 1. The molecule has 1 N–H and O–H groups in total. The lowest BCUT2D eigenvalue weighted by Crippen LogP contribution is -2.34. The minimum atomic E-state index is -3.55. The number of rotatable bonds is 5. The summed E-state index contributed by atoms with van der Waals surface area (Å²) in [6.07, 6.45) is 1.55. The van der Waals surface area contributed by atoms with Gasteiger partial charge in [-0.1, -0.05) is 26.0 Å². The van der Waals surface area contributed by atoms with E-state index in [4.69, 9.17) is 5.26 Å². The van der Waals surface area contributed by atoms with Gasteiger partial charge in [-0.2, -0.15) is 10.4 Å². The molecular formula is C17H21N5O2S. The lowest BCUT2D eigenvalue weighted by atomic mass is 10.1. The van der Waals surface area contributed by atoms with E-state index in [1.165, 1.54) is 0 Å². The molecule has 0 unspecified atom stereocenters. The third-order valence-electron chi connectivity index (χ3n) is 4.14. The summed E-state index contributed by atoms with van der Waals surface area (Å²) in [5, 5.41) is 13.4. The van der Waals surface area contributed by atoms with Crippen LogP contribution in [0.2, 0.25) is 0 Å². The van der Waals surface area contributed by atoms with E-state index >= 15 is 0 Å². The number of nitrogens with one attached hydrogen (secondary N) is 1. The lowest BCUT2D eigenvalue weighted by molar-refractivity contribution is 0.399. The summed E-state index contributed by atoms with van der Waals surface area (Å²) in [6, 6.07) is 8.31. The van der Waals surface area contributed by atoms with Crippen molar-refractivity contribution in [1.29, 1.82) is 5.26 Å². The van der Waals surface area contributed by atoms with Crippen LogP contribution in [0.5, 0.6) is 0 Å². The molecule has 1 aromatic carbocycles. The molecule has 1 atom stereocenters. The van der Waals surface area contributed by atoms with Crippen LogP contribution in [0.4, 0.5) is 0 Å². The van der Waals surface area contributed by atoms with Gasteiger partial charge in [0.1, 0.15) is 5.82 Å². The third kappa shape index (κ3) is 4.06. The smallest absolute Gasteiger partial charge is 0.216 e. The van der Waals surface area contributed by atoms with Gasteiger partial charge in [0.15, 0.2) is 5.82 Å².